The number of aromatic nitrogens is 1. The van der Waals surface area contributed by atoms with Crippen LogP contribution in [0.25, 0.3) is 11.1 Å². The molecule has 1 heterocycles. The maximum absolute atomic E-state index is 10.7. The molecule has 20 heavy (non-hydrogen) atoms. The molecule has 1 aliphatic rings. The lowest BCUT2D eigenvalue weighted by atomic mass is 9.91. The van der Waals surface area contributed by atoms with Crippen molar-refractivity contribution in [1.82, 2.24) is 4.98 Å². The van der Waals surface area contributed by atoms with Crippen LogP contribution in [0.3, 0.4) is 0 Å². The Morgan fingerprint density at radius 2 is 2.20 bits per heavy atom. The molecule has 1 saturated carbocycles. The zero-order chi connectivity index (χ0) is 14.1. The summed E-state index contributed by atoms with van der Waals surface area (Å²) in [4.78, 5) is 14.5. The first-order valence-corrected chi connectivity index (χ1v) is 6.70. The third kappa shape index (κ3) is 2.44. The number of oxazole rings is 1. The van der Waals surface area contributed by atoms with Crippen molar-refractivity contribution < 1.29 is 9.34 Å². The summed E-state index contributed by atoms with van der Waals surface area (Å²) in [7, 11) is 0. The van der Waals surface area contributed by atoms with Crippen LogP contribution in [0, 0.1) is 10.1 Å². The molecule has 7 heteroatoms. The Bertz CT molecular complexity index is 640. The molecular formula is C13H16N4O3. The number of rotatable bonds is 3. The number of nitrogens with one attached hydrogen (secondary N) is 1. The Kier molecular flexibility index (Phi) is 3.27. The van der Waals surface area contributed by atoms with E-state index in [2.05, 4.69) is 10.3 Å². The molecule has 1 aromatic heterocycles. The molecule has 0 aliphatic heterocycles. The quantitative estimate of drug-likeness (QED) is 0.658. The maximum Gasteiger partial charge on any atom is 0.295 e. The van der Waals surface area contributed by atoms with Crippen LogP contribution >= 0.6 is 0 Å². The van der Waals surface area contributed by atoms with Crippen LogP contribution in [-0.4, -0.2) is 22.0 Å². The average Bonchev–Trinajstić information content (AvgIpc) is 2.82. The predicted molar refractivity (Wildman–Crippen MR) is 74.5 cm³/mol. The summed E-state index contributed by atoms with van der Waals surface area (Å²) in [6.45, 7) is 0. The normalized spacial score (nSPS) is 22.9. The van der Waals surface area contributed by atoms with E-state index in [0.29, 0.717) is 17.1 Å². The minimum atomic E-state index is -0.446. The number of benzene rings is 1. The van der Waals surface area contributed by atoms with Gasteiger partial charge in [0.1, 0.15) is 5.52 Å². The molecule has 0 saturated heterocycles. The number of nitrogens with zero attached hydrogens (tertiary/aromatic N) is 2. The third-order valence-corrected chi connectivity index (χ3v) is 3.71. The van der Waals surface area contributed by atoms with Crippen molar-refractivity contribution in [2.75, 3.05) is 5.32 Å². The molecule has 7 nitrogen and oxygen atoms in total. The molecule has 0 unspecified atom stereocenters. The molecule has 0 radical (unpaired) electrons. The summed E-state index contributed by atoms with van der Waals surface area (Å²) in [5.74, 6) is 0. The fourth-order valence-electron chi connectivity index (χ4n) is 2.59. The summed E-state index contributed by atoms with van der Waals surface area (Å²) < 4.78 is 5.55. The van der Waals surface area contributed by atoms with E-state index in [0.717, 1.165) is 25.7 Å². The number of nitrogens with two attached hydrogens (primary N) is 1. The minimum Gasteiger partial charge on any atom is -0.424 e. The molecule has 3 N–H and O–H groups in total. The first-order chi connectivity index (χ1) is 9.63. The van der Waals surface area contributed by atoms with E-state index in [-0.39, 0.29) is 17.8 Å². The Hall–Kier alpha value is -2.15. The summed E-state index contributed by atoms with van der Waals surface area (Å²) in [5, 5.41) is 13.9. The lowest BCUT2D eigenvalue weighted by molar-refractivity contribution is -0.384. The van der Waals surface area contributed by atoms with Gasteiger partial charge < -0.3 is 15.5 Å². The summed E-state index contributed by atoms with van der Waals surface area (Å²) >= 11 is 0. The molecule has 1 aromatic carbocycles. The van der Waals surface area contributed by atoms with Gasteiger partial charge in [-0.25, -0.2) is 0 Å². The highest BCUT2D eigenvalue weighted by molar-refractivity contribution is 5.77. The number of fused-ring (bicyclic) bond motifs is 1. The standard InChI is InChI=1S/C13H16N4O3/c14-9-3-1-2-4-10(9)15-13-16-11-7-8(17(18)19)5-6-12(11)20-13/h5-7,9-10H,1-4,14H2,(H,15,16)/t9-,10+/m0/s1. The van der Waals surface area contributed by atoms with Gasteiger partial charge in [-0.2, -0.15) is 4.98 Å². The van der Waals surface area contributed by atoms with Gasteiger partial charge in [-0.15, -0.1) is 0 Å². The van der Waals surface area contributed by atoms with Gasteiger partial charge in [0.2, 0.25) is 0 Å². The first kappa shape index (κ1) is 12.9. The van der Waals surface area contributed by atoms with Crippen LogP contribution in [0.1, 0.15) is 25.7 Å². The summed E-state index contributed by atoms with van der Waals surface area (Å²) in [6.07, 6.45) is 4.26. The van der Waals surface area contributed by atoms with Crippen molar-refractivity contribution in [3.05, 3.63) is 28.3 Å². The van der Waals surface area contributed by atoms with Crippen LogP contribution in [-0.2, 0) is 0 Å². The second-order valence-electron chi connectivity index (χ2n) is 5.13. The van der Waals surface area contributed by atoms with E-state index < -0.39 is 4.92 Å². The molecule has 106 valence electrons. The molecule has 1 fully saturated rings. The summed E-state index contributed by atoms with van der Waals surface area (Å²) in [6, 6.07) is 4.99. The minimum absolute atomic E-state index is 0.00622. The van der Waals surface area contributed by atoms with Crippen LogP contribution in [0.2, 0.25) is 0 Å². The monoisotopic (exact) mass is 276 g/mol. The van der Waals surface area contributed by atoms with Crippen LogP contribution in [0.5, 0.6) is 0 Å². The van der Waals surface area contributed by atoms with Crippen LogP contribution in [0.4, 0.5) is 11.7 Å². The van der Waals surface area contributed by atoms with Gasteiger partial charge in [0.15, 0.2) is 5.58 Å². The van der Waals surface area contributed by atoms with Gasteiger partial charge in [0.05, 0.1) is 4.92 Å². The smallest absolute Gasteiger partial charge is 0.295 e. The van der Waals surface area contributed by atoms with E-state index in [1.165, 1.54) is 12.1 Å². The van der Waals surface area contributed by atoms with Gasteiger partial charge in [-0.3, -0.25) is 10.1 Å². The average molecular weight is 276 g/mol. The second-order valence-corrected chi connectivity index (χ2v) is 5.13. The molecule has 0 spiro atoms. The van der Waals surface area contributed by atoms with Crippen LogP contribution < -0.4 is 11.1 Å². The molecule has 2 aromatic rings. The van der Waals surface area contributed by atoms with Gasteiger partial charge in [-0.05, 0) is 18.9 Å². The van der Waals surface area contributed by atoms with Gasteiger partial charge in [0, 0.05) is 24.2 Å². The molecule has 1 aliphatic carbocycles. The molecule has 0 amide bonds. The maximum atomic E-state index is 10.7. The Morgan fingerprint density at radius 1 is 1.40 bits per heavy atom. The lowest BCUT2D eigenvalue weighted by Gasteiger charge is -2.28. The fourth-order valence-corrected chi connectivity index (χ4v) is 2.59. The van der Waals surface area contributed by atoms with Crippen molar-refractivity contribution in [3.8, 4) is 0 Å². The van der Waals surface area contributed by atoms with Crippen molar-refractivity contribution in [1.29, 1.82) is 0 Å². The highest BCUT2D eigenvalue weighted by Gasteiger charge is 2.23. The molecule has 2 atom stereocenters. The van der Waals surface area contributed by atoms with Gasteiger partial charge >= 0.3 is 0 Å². The summed E-state index contributed by atoms with van der Waals surface area (Å²) in [5.41, 5.74) is 7.08. The second kappa shape index (κ2) is 5.09. The number of nitro benzene ring substituents is 1. The Balaban J connectivity index is 1.83. The zero-order valence-electron chi connectivity index (χ0n) is 10.9. The van der Waals surface area contributed by atoms with Gasteiger partial charge in [-0.1, -0.05) is 12.8 Å². The van der Waals surface area contributed by atoms with E-state index in [1.807, 2.05) is 0 Å². The highest BCUT2D eigenvalue weighted by Crippen LogP contribution is 2.26. The number of nitro groups is 1. The topological polar surface area (TPSA) is 107 Å². The van der Waals surface area contributed by atoms with Crippen molar-refractivity contribution in [3.63, 3.8) is 0 Å². The molecule has 0 bridgehead atoms. The van der Waals surface area contributed by atoms with E-state index in [4.69, 9.17) is 10.2 Å². The third-order valence-electron chi connectivity index (χ3n) is 3.71. The predicted octanol–water partition coefficient (Wildman–Crippen LogP) is 2.42. The zero-order valence-corrected chi connectivity index (χ0v) is 10.9. The van der Waals surface area contributed by atoms with E-state index >= 15 is 0 Å². The molecular weight excluding hydrogens is 260 g/mol. The Morgan fingerprint density at radius 3 is 2.95 bits per heavy atom. The fraction of sp³-hybridized carbons (Fsp3) is 0.462. The molecule has 3 rings (SSSR count). The van der Waals surface area contributed by atoms with Crippen molar-refractivity contribution in [2.45, 2.75) is 37.8 Å². The number of hydrogen-bond donors (Lipinski definition) is 2. The van der Waals surface area contributed by atoms with Crippen LogP contribution in [0.15, 0.2) is 22.6 Å². The van der Waals surface area contributed by atoms with Crippen molar-refractivity contribution in [2.24, 2.45) is 5.73 Å². The lowest BCUT2D eigenvalue weighted by Crippen LogP contribution is -2.42. The highest BCUT2D eigenvalue weighted by atomic mass is 16.6. The van der Waals surface area contributed by atoms with Gasteiger partial charge in [0.25, 0.3) is 11.7 Å². The van der Waals surface area contributed by atoms with Crippen molar-refractivity contribution >= 4 is 22.8 Å². The van der Waals surface area contributed by atoms with E-state index in [9.17, 15) is 10.1 Å². The largest absolute Gasteiger partial charge is 0.424 e. The number of hydrogen-bond acceptors (Lipinski definition) is 6. The number of non-ortho nitro benzene ring substituents is 1. The Labute approximate surface area is 115 Å². The van der Waals surface area contributed by atoms with E-state index in [1.54, 1.807) is 6.07 Å². The first-order valence-electron chi connectivity index (χ1n) is 6.70. The number of anilines is 1. The SMILES string of the molecule is N[C@H]1CCCC[C@H]1Nc1nc2cc([N+](=O)[O-])ccc2o1.